The number of benzene rings is 2. The molecule has 2 aromatic carbocycles. The van der Waals surface area contributed by atoms with Crippen LogP contribution in [0, 0.1) is 0 Å². The van der Waals surface area contributed by atoms with E-state index in [1.165, 1.54) is 6.07 Å². The molecule has 0 amide bonds. The van der Waals surface area contributed by atoms with Crippen molar-refractivity contribution in [1.29, 1.82) is 0 Å². The maximum Gasteiger partial charge on any atom is 0.328 e. The van der Waals surface area contributed by atoms with Gasteiger partial charge >= 0.3 is 5.69 Å². The molecule has 0 unspecified atom stereocenters. The van der Waals surface area contributed by atoms with E-state index in [0.717, 1.165) is 28.2 Å². The molecule has 0 atom stereocenters. The average molecular weight is 564 g/mol. The Balaban J connectivity index is 1.67. The number of anilines is 1. The number of nitrogens with zero attached hydrogens (tertiary/aromatic N) is 7. The number of aromatic nitrogens is 6. The van der Waals surface area contributed by atoms with Gasteiger partial charge in [0.1, 0.15) is 5.82 Å². The highest BCUT2D eigenvalue weighted by molar-refractivity contribution is 5.93. The lowest BCUT2D eigenvalue weighted by Crippen LogP contribution is -2.36. The smallest absolute Gasteiger partial charge is 0.328 e. The van der Waals surface area contributed by atoms with Gasteiger partial charge < -0.3 is 10.0 Å². The van der Waals surface area contributed by atoms with Gasteiger partial charge in [-0.05, 0) is 42.7 Å². The van der Waals surface area contributed by atoms with Crippen LogP contribution in [-0.4, -0.2) is 52.8 Å². The zero-order chi connectivity index (χ0) is 29.4. The van der Waals surface area contributed by atoms with Gasteiger partial charge in [0.2, 0.25) is 0 Å². The number of imidazole rings is 2. The molecule has 1 fully saturated rings. The molecular weight excluding hydrogens is 528 g/mol. The van der Waals surface area contributed by atoms with Crippen LogP contribution < -0.4 is 10.6 Å². The number of alkyl halides is 2. The number of halogens is 2. The molecule has 4 heterocycles. The van der Waals surface area contributed by atoms with Crippen molar-refractivity contribution in [3.05, 3.63) is 58.5 Å². The number of fused-ring (bicyclic) bond motifs is 2. The topological polar surface area (TPSA) is 86.0 Å². The van der Waals surface area contributed by atoms with Crippen molar-refractivity contribution in [2.45, 2.75) is 51.6 Å². The zero-order valence-electron chi connectivity index (χ0n) is 24.2. The van der Waals surface area contributed by atoms with E-state index in [0.29, 0.717) is 48.1 Å². The van der Waals surface area contributed by atoms with Gasteiger partial charge in [-0.15, -0.1) is 0 Å². The lowest BCUT2D eigenvalue weighted by molar-refractivity contribution is 0.145. The molecule has 0 bridgehead atoms. The van der Waals surface area contributed by atoms with Gasteiger partial charge in [-0.25, -0.2) is 18.6 Å². The first-order valence-corrected chi connectivity index (χ1v) is 13.8. The van der Waals surface area contributed by atoms with Gasteiger partial charge in [-0.3, -0.25) is 18.4 Å². The number of rotatable bonds is 4. The molecule has 1 N–H and O–H groups in total. The zero-order valence-corrected chi connectivity index (χ0v) is 24.2. The number of aliphatic hydroxyl groups is 1. The molecule has 3 aromatic heterocycles. The van der Waals surface area contributed by atoms with E-state index in [1.807, 2.05) is 37.5 Å². The summed E-state index contributed by atoms with van der Waals surface area (Å²) in [6, 6.07) is 7.22. The largest absolute Gasteiger partial charge is 0.393 e. The number of aryl methyl sites for hydroxylation is 3. The number of hydrogen-bond acceptors (Lipinski definition) is 5. The van der Waals surface area contributed by atoms with Crippen LogP contribution in [0.4, 0.5) is 14.5 Å². The van der Waals surface area contributed by atoms with E-state index in [4.69, 9.17) is 4.98 Å². The third kappa shape index (κ3) is 4.43. The van der Waals surface area contributed by atoms with Crippen molar-refractivity contribution in [1.82, 2.24) is 28.5 Å². The number of aliphatic hydroxyl groups excluding tert-OH is 1. The standard InChI is InChI=1S/C30H35F2N7O2/c1-30(2,3)28-34-22-13-20(17-15-33-35(4)16-17)21(27(31)32)14-23(22)39(28)18-11-24-26(37(6)29(41)36(24)5)25(12-18)38-9-7-19(40)8-10-38/h11-16,19,27,40H,7-10H2,1-6H3. The number of piperidine rings is 1. The Morgan fingerprint density at radius 2 is 1.71 bits per heavy atom. The van der Waals surface area contributed by atoms with Crippen LogP contribution in [-0.2, 0) is 26.6 Å². The predicted octanol–water partition coefficient (Wildman–Crippen LogP) is 4.81. The highest BCUT2D eigenvalue weighted by Crippen LogP contribution is 2.39. The molecule has 9 nitrogen and oxygen atoms in total. The van der Waals surface area contributed by atoms with Crippen LogP contribution in [0.15, 0.2) is 41.5 Å². The molecule has 0 spiro atoms. The molecule has 1 saturated heterocycles. The Morgan fingerprint density at radius 1 is 1.00 bits per heavy atom. The fourth-order valence-electron chi connectivity index (χ4n) is 5.98. The highest BCUT2D eigenvalue weighted by Gasteiger charge is 2.29. The minimum absolute atomic E-state index is 0.0921. The minimum Gasteiger partial charge on any atom is -0.393 e. The Kier molecular flexibility index (Phi) is 6.33. The normalized spacial score (nSPS) is 15.2. The SMILES string of the molecule is Cn1cc(-c2cc3nc(C(C)(C)C)n(-c4cc(N5CCC(O)CC5)c5c(c4)n(C)c(=O)n5C)c3cc2C(F)F)cn1. The molecule has 11 heteroatoms. The Hall–Kier alpha value is -3.99. The third-order valence-corrected chi connectivity index (χ3v) is 8.14. The lowest BCUT2D eigenvalue weighted by Gasteiger charge is -2.32. The maximum absolute atomic E-state index is 14.5. The van der Waals surface area contributed by atoms with E-state index in [2.05, 4.69) is 10.00 Å². The molecule has 0 saturated carbocycles. The summed E-state index contributed by atoms with van der Waals surface area (Å²) in [6.45, 7) is 7.42. The highest BCUT2D eigenvalue weighted by atomic mass is 19.3. The second kappa shape index (κ2) is 9.54. The summed E-state index contributed by atoms with van der Waals surface area (Å²) in [5.74, 6) is 0.719. The fourth-order valence-corrected chi connectivity index (χ4v) is 5.98. The van der Waals surface area contributed by atoms with E-state index in [-0.39, 0.29) is 17.4 Å². The second-order valence-electron chi connectivity index (χ2n) is 12.1. The summed E-state index contributed by atoms with van der Waals surface area (Å²) in [5.41, 5.74) is 4.64. The summed E-state index contributed by atoms with van der Waals surface area (Å²) < 4.78 is 35.9. The van der Waals surface area contributed by atoms with Gasteiger partial charge in [0.25, 0.3) is 6.43 Å². The maximum atomic E-state index is 14.5. The van der Waals surface area contributed by atoms with Gasteiger partial charge in [-0.2, -0.15) is 5.10 Å². The minimum atomic E-state index is -2.70. The summed E-state index contributed by atoms with van der Waals surface area (Å²) in [4.78, 5) is 20.3. The first kappa shape index (κ1) is 27.2. The molecule has 216 valence electrons. The summed E-state index contributed by atoms with van der Waals surface area (Å²) in [7, 11) is 5.25. The fraction of sp³-hybridized carbons (Fsp3) is 0.433. The first-order valence-electron chi connectivity index (χ1n) is 13.8. The Bertz CT molecular complexity index is 1850. The van der Waals surface area contributed by atoms with Crippen molar-refractivity contribution in [2.75, 3.05) is 18.0 Å². The summed E-state index contributed by atoms with van der Waals surface area (Å²) in [5, 5.41) is 14.3. The summed E-state index contributed by atoms with van der Waals surface area (Å²) >= 11 is 0. The van der Waals surface area contributed by atoms with Crippen molar-refractivity contribution in [2.24, 2.45) is 21.1 Å². The van der Waals surface area contributed by atoms with Gasteiger partial charge in [0, 0.05) is 57.0 Å². The van der Waals surface area contributed by atoms with Gasteiger partial charge in [-0.1, -0.05) is 20.8 Å². The number of hydrogen-bond donors (Lipinski definition) is 1. The second-order valence-corrected chi connectivity index (χ2v) is 12.1. The molecule has 41 heavy (non-hydrogen) atoms. The summed E-state index contributed by atoms with van der Waals surface area (Å²) in [6.07, 6.45) is 1.51. The van der Waals surface area contributed by atoms with Crippen molar-refractivity contribution < 1.29 is 13.9 Å². The monoisotopic (exact) mass is 563 g/mol. The molecule has 6 rings (SSSR count). The van der Waals surface area contributed by atoms with Gasteiger partial charge in [0.05, 0.1) is 45.7 Å². The molecule has 0 aliphatic carbocycles. The predicted molar refractivity (Wildman–Crippen MR) is 156 cm³/mol. The quantitative estimate of drug-likeness (QED) is 0.339. The average Bonchev–Trinajstić information content (AvgIpc) is 3.59. The first-order chi connectivity index (χ1) is 19.3. The van der Waals surface area contributed by atoms with Crippen LogP contribution in [0.3, 0.4) is 0 Å². The third-order valence-electron chi connectivity index (χ3n) is 8.14. The molecule has 5 aromatic rings. The van der Waals surface area contributed by atoms with Crippen LogP contribution in [0.5, 0.6) is 0 Å². The van der Waals surface area contributed by atoms with Crippen molar-refractivity contribution >= 4 is 27.8 Å². The Morgan fingerprint density at radius 3 is 2.32 bits per heavy atom. The molecule has 1 aliphatic heterocycles. The molecular formula is C30H35F2N7O2. The van der Waals surface area contributed by atoms with Gasteiger partial charge in [0.15, 0.2) is 0 Å². The molecule has 0 radical (unpaired) electrons. The molecule has 1 aliphatic rings. The van der Waals surface area contributed by atoms with Crippen LogP contribution >= 0.6 is 0 Å². The van der Waals surface area contributed by atoms with Crippen LogP contribution in [0.1, 0.15) is 51.4 Å². The van der Waals surface area contributed by atoms with Crippen molar-refractivity contribution in [3.8, 4) is 16.8 Å². The van der Waals surface area contributed by atoms with Crippen LogP contribution in [0.25, 0.3) is 38.9 Å². The van der Waals surface area contributed by atoms with E-state index >= 15 is 0 Å². The van der Waals surface area contributed by atoms with E-state index in [1.54, 1.807) is 53.4 Å². The van der Waals surface area contributed by atoms with E-state index in [9.17, 15) is 18.7 Å². The van der Waals surface area contributed by atoms with Crippen LogP contribution in [0.2, 0.25) is 0 Å². The Labute approximate surface area is 236 Å². The van der Waals surface area contributed by atoms with Crippen molar-refractivity contribution in [3.63, 3.8) is 0 Å². The lowest BCUT2D eigenvalue weighted by atomic mass is 9.95. The van der Waals surface area contributed by atoms with E-state index < -0.39 is 11.8 Å².